The van der Waals surface area contributed by atoms with E-state index in [0.29, 0.717) is 32.8 Å². The van der Waals surface area contributed by atoms with Crippen LogP contribution in [0.2, 0.25) is 0 Å². The largest absolute Gasteiger partial charge is 0.450 e. The van der Waals surface area contributed by atoms with E-state index in [1.54, 1.807) is 19.1 Å². The zero-order chi connectivity index (χ0) is 18.1. The highest BCUT2D eigenvalue weighted by Gasteiger charge is 2.23. The first-order valence-corrected chi connectivity index (χ1v) is 8.62. The predicted molar refractivity (Wildman–Crippen MR) is 97.5 cm³/mol. The molecule has 1 N–H and O–H groups in total. The Balaban J connectivity index is 1.89. The van der Waals surface area contributed by atoms with Crippen LogP contribution < -0.4 is 5.32 Å². The van der Waals surface area contributed by atoms with Gasteiger partial charge in [-0.3, -0.25) is 4.99 Å². The Morgan fingerprint density at radius 2 is 1.80 bits per heavy atom. The topological polar surface area (TPSA) is 66.4 Å². The minimum Gasteiger partial charge on any atom is -0.450 e. The van der Waals surface area contributed by atoms with E-state index in [0.717, 1.165) is 19.0 Å². The van der Waals surface area contributed by atoms with Crippen molar-refractivity contribution >= 4 is 12.1 Å². The van der Waals surface area contributed by atoms with Gasteiger partial charge in [0.05, 0.1) is 13.2 Å². The van der Waals surface area contributed by atoms with E-state index in [1.165, 1.54) is 11.1 Å². The van der Waals surface area contributed by atoms with Gasteiger partial charge in [0.25, 0.3) is 0 Å². The first kappa shape index (κ1) is 19.1. The smallest absolute Gasteiger partial charge is 0.409 e. The van der Waals surface area contributed by atoms with Crippen LogP contribution in [0.1, 0.15) is 18.1 Å². The molecule has 1 aromatic carbocycles. The van der Waals surface area contributed by atoms with Crippen molar-refractivity contribution in [3.8, 4) is 0 Å². The van der Waals surface area contributed by atoms with Crippen molar-refractivity contribution in [1.82, 2.24) is 15.1 Å². The maximum atomic E-state index is 11.8. The maximum Gasteiger partial charge on any atom is 0.409 e. The fourth-order valence-electron chi connectivity index (χ4n) is 2.85. The van der Waals surface area contributed by atoms with Crippen LogP contribution >= 0.6 is 0 Å². The van der Waals surface area contributed by atoms with Crippen LogP contribution in [-0.4, -0.2) is 68.8 Å². The van der Waals surface area contributed by atoms with E-state index >= 15 is 0 Å². The summed E-state index contributed by atoms with van der Waals surface area (Å²) in [7, 11) is 3.48. The van der Waals surface area contributed by atoms with Crippen molar-refractivity contribution in [1.29, 1.82) is 0 Å². The summed E-state index contributed by atoms with van der Waals surface area (Å²) in [5.74, 6) is 0.843. The maximum absolute atomic E-state index is 11.8. The van der Waals surface area contributed by atoms with Gasteiger partial charge in [-0.15, -0.1) is 0 Å². The van der Waals surface area contributed by atoms with Crippen LogP contribution in [0, 0.1) is 0 Å². The molecule has 1 aromatic rings. The average molecular weight is 348 g/mol. The van der Waals surface area contributed by atoms with Crippen LogP contribution in [0.25, 0.3) is 0 Å². The van der Waals surface area contributed by atoms with Gasteiger partial charge in [-0.1, -0.05) is 24.3 Å². The zero-order valence-corrected chi connectivity index (χ0v) is 15.3. The summed E-state index contributed by atoms with van der Waals surface area (Å²) < 4.78 is 10.3. The van der Waals surface area contributed by atoms with Gasteiger partial charge in [0.1, 0.15) is 0 Å². The third-order valence-electron chi connectivity index (χ3n) is 4.17. The lowest BCUT2D eigenvalue weighted by Gasteiger charge is -2.35. The SMILES string of the molecule is CCOC(=O)N1CCN(C(=NC)NCc2ccccc2COC)CC1. The number of carbonyl (C=O) groups is 1. The fourth-order valence-corrected chi connectivity index (χ4v) is 2.85. The molecule has 0 aromatic heterocycles. The van der Waals surface area contributed by atoms with E-state index in [9.17, 15) is 4.79 Å². The van der Waals surface area contributed by atoms with Crippen molar-refractivity contribution < 1.29 is 14.3 Å². The third-order valence-corrected chi connectivity index (χ3v) is 4.17. The number of hydrogen-bond acceptors (Lipinski definition) is 4. The number of benzene rings is 1. The van der Waals surface area contributed by atoms with E-state index in [1.807, 2.05) is 19.1 Å². The molecule has 138 valence electrons. The van der Waals surface area contributed by atoms with Crippen molar-refractivity contribution in [2.75, 3.05) is 46.9 Å². The Morgan fingerprint density at radius 3 is 2.40 bits per heavy atom. The molecule has 0 spiro atoms. The number of methoxy groups -OCH3 is 1. The molecule has 0 bridgehead atoms. The van der Waals surface area contributed by atoms with Gasteiger partial charge in [-0.05, 0) is 18.1 Å². The van der Waals surface area contributed by atoms with Crippen molar-refractivity contribution in [2.45, 2.75) is 20.1 Å². The lowest BCUT2D eigenvalue weighted by Crippen LogP contribution is -2.53. The summed E-state index contributed by atoms with van der Waals surface area (Å²) in [6, 6.07) is 8.20. The molecule has 1 fully saturated rings. The molecule has 7 nitrogen and oxygen atoms in total. The highest BCUT2D eigenvalue weighted by Crippen LogP contribution is 2.10. The number of amides is 1. The van der Waals surface area contributed by atoms with Crippen LogP contribution in [0.15, 0.2) is 29.3 Å². The Labute approximate surface area is 149 Å². The summed E-state index contributed by atoms with van der Waals surface area (Å²) in [5, 5.41) is 3.41. The monoisotopic (exact) mass is 348 g/mol. The molecule has 0 saturated carbocycles. The van der Waals surface area contributed by atoms with Gasteiger partial charge in [0.15, 0.2) is 5.96 Å². The minimum atomic E-state index is -0.237. The van der Waals surface area contributed by atoms with Gasteiger partial charge in [-0.25, -0.2) is 4.79 Å². The van der Waals surface area contributed by atoms with Crippen molar-refractivity contribution in [2.24, 2.45) is 4.99 Å². The molecule has 7 heteroatoms. The second kappa shape index (κ2) is 9.88. The van der Waals surface area contributed by atoms with E-state index in [2.05, 4.69) is 27.3 Å². The van der Waals surface area contributed by atoms with Crippen LogP contribution in [0.3, 0.4) is 0 Å². The molecule has 0 atom stereocenters. The lowest BCUT2D eigenvalue weighted by atomic mass is 10.1. The molecule has 1 aliphatic heterocycles. The summed E-state index contributed by atoms with van der Waals surface area (Å²) >= 11 is 0. The molecule has 1 saturated heterocycles. The normalized spacial score (nSPS) is 15.2. The minimum absolute atomic E-state index is 0.237. The van der Waals surface area contributed by atoms with Gasteiger partial charge in [-0.2, -0.15) is 0 Å². The molecule has 0 unspecified atom stereocenters. The summed E-state index contributed by atoms with van der Waals surface area (Å²) in [6.07, 6.45) is -0.237. The van der Waals surface area contributed by atoms with Gasteiger partial charge in [0.2, 0.25) is 0 Å². The molecular weight excluding hydrogens is 320 g/mol. The first-order valence-electron chi connectivity index (χ1n) is 8.62. The van der Waals surface area contributed by atoms with Crippen molar-refractivity contribution in [3.63, 3.8) is 0 Å². The molecular formula is C18H28N4O3. The number of hydrogen-bond donors (Lipinski definition) is 1. The quantitative estimate of drug-likeness (QED) is 0.648. The van der Waals surface area contributed by atoms with Crippen molar-refractivity contribution in [3.05, 3.63) is 35.4 Å². The van der Waals surface area contributed by atoms with Gasteiger partial charge < -0.3 is 24.6 Å². The number of nitrogens with zero attached hydrogens (tertiary/aromatic N) is 3. The summed E-state index contributed by atoms with van der Waals surface area (Å²) in [4.78, 5) is 20.1. The molecule has 25 heavy (non-hydrogen) atoms. The van der Waals surface area contributed by atoms with Gasteiger partial charge >= 0.3 is 6.09 Å². The van der Waals surface area contributed by atoms with Crippen LogP contribution in [0.4, 0.5) is 4.79 Å². The Morgan fingerprint density at radius 1 is 1.16 bits per heavy atom. The third kappa shape index (κ3) is 5.35. The van der Waals surface area contributed by atoms with Crippen LogP contribution in [-0.2, 0) is 22.6 Å². The van der Waals surface area contributed by atoms with Crippen LogP contribution in [0.5, 0.6) is 0 Å². The highest BCUT2D eigenvalue weighted by molar-refractivity contribution is 5.80. The summed E-state index contributed by atoms with van der Waals surface area (Å²) in [6.45, 7) is 6.25. The number of guanidine groups is 1. The first-order chi connectivity index (χ1) is 12.2. The molecule has 2 rings (SSSR count). The Bertz CT molecular complexity index is 583. The second-order valence-corrected chi connectivity index (χ2v) is 5.78. The second-order valence-electron chi connectivity index (χ2n) is 5.78. The fraction of sp³-hybridized carbons (Fsp3) is 0.556. The number of carbonyl (C=O) groups excluding carboxylic acids is 1. The Kier molecular flexibility index (Phi) is 7.53. The van der Waals surface area contributed by atoms with E-state index < -0.39 is 0 Å². The molecule has 0 radical (unpaired) electrons. The Hall–Kier alpha value is -2.28. The highest BCUT2D eigenvalue weighted by atomic mass is 16.6. The molecule has 1 aliphatic rings. The predicted octanol–water partition coefficient (Wildman–Crippen LogP) is 1.68. The molecule has 1 amide bonds. The lowest BCUT2D eigenvalue weighted by molar-refractivity contribution is 0.0914. The number of nitrogens with one attached hydrogen (secondary N) is 1. The van der Waals surface area contributed by atoms with E-state index in [4.69, 9.17) is 9.47 Å². The average Bonchev–Trinajstić information content (AvgIpc) is 2.64. The number of ether oxygens (including phenoxy) is 2. The number of aliphatic imine (C=N–C) groups is 1. The number of rotatable bonds is 5. The standard InChI is InChI=1S/C18H28N4O3/c1-4-25-18(23)22-11-9-21(10-12-22)17(19-2)20-13-15-7-5-6-8-16(15)14-24-3/h5-8H,4,9-14H2,1-3H3,(H,19,20). The zero-order valence-electron chi connectivity index (χ0n) is 15.3. The van der Waals surface area contributed by atoms with Gasteiger partial charge in [0, 0.05) is 46.9 Å². The summed E-state index contributed by atoms with van der Waals surface area (Å²) in [5.41, 5.74) is 2.36. The van der Waals surface area contributed by atoms with E-state index in [-0.39, 0.29) is 6.09 Å². The molecule has 1 heterocycles. The number of piperazine rings is 1. The molecule has 0 aliphatic carbocycles.